The Bertz CT molecular complexity index is 193. The van der Waals surface area contributed by atoms with Crippen LogP contribution in [-0.4, -0.2) is 14.4 Å². The lowest BCUT2D eigenvalue weighted by molar-refractivity contribution is 0.969. The first-order chi connectivity index (χ1) is 4.83. The van der Waals surface area contributed by atoms with Crippen molar-refractivity contribution in [2.24, 2.45) is 5.73 Å². The van der Waals surface area contributed by atoms with Crippen LogP contribution in [0, 0.1) is 0 Å². The number of rotatable bonds is 2. The molecule has 0 atom stereocenters. The highest BCUT2D eigenvalue weighted by atomic mass is 14.5. The van der Waals surface area contributed by atoms with E-state index in [4.69, 9.17) is 13.6 Å². The minimum Gasteiger partial charge on any atom is -0.330 e. The number of hydrogen-bond donors (Lipinski definition) is 1. The van der Waals surface area contributed by atoms with Gasteiger partial charge >= 0.3 is 0 Å². The second-order valence-corrected chi connectivity index (χ2v) is 2.28. The number of nitrogens with two attached hydrogens (primary N) is 1. The normalized spacial score (nSPS) is 9.70. The van der Waals surface area contributed by atoms with E-state index in [1.807, 2.05) is 24.3 Å². The van der Waals surface area contributed by atoms with Crippen molar-refractivity contribution in [3.05, 3.63) is 29.8 Å². The number of benzene rings is 1. The van der Waals surface area contributed by atoms with Crippen molar-refractivity contribution in [1.29, 1.82) is 0 Å². The number of hydrogen-bond acceptors (Lipinski definition) is 1. The molecular formula is C8H10BN. The molecule has 0 fully saturated rings. The van der Waals surface area contributed by atoms with E-state index in [1.165, 1.54) is 5.56 Å². The van der Waals surface area contributed by atoms with Gasteiger partial charge in [0.1, 0.15) is 7.85 Å². The van der Waals surface area contributed by atoms with E-state index >= 15 is 0 Å². The van der Waals surface area contributed by atoms with E-state index in [-0.39, 0.29) is 0 Å². The van der Waals surface area contributed by atoms with Gasteiger partial charge in [-0.2, -0.15) is 0 Å². The highest BCUT2D eigenvalue weighted by Crippen LogP contribution is 1.95. The Morgan fingerprint density at radius 1 is 1.20 bits per heavy atom. The first-order valence-electron chi connectivity index (χ1n) is 3.37. The zero-order valence-electron chi connectivity index (χ0n) is 5.88. The van der Waals surface area contributed by atoms with Crippen LogP contribution in [0.5, 0.6) is 0 Å². The third kappa shape index (κ3) is 1.88. The summed E-state index contributed by atoms with van der Waals surface area (Å²) in [5.41, 5.74) is 7.42. The van der Waals surface area contributed by atoms with E-state index in [0.29, 0.717) is 6.54 Å². The quantitative estimate of drug-likeness (QED) is 0.561. The van der Waals surface area contributed by atoms with E-state index < -0.39 is 0 Å². The summed E-state index contributed by atoms with van der Waals surface area (Å²) >= 11 is 0. The molecular weight excluding hydrogens is 121 g/mol. The second kappa shape index (κ2) is 3.42. The third-order valence-electron chi connectivity index (χ3n) is 1.41. The monoisotopic (exact) mass is 131 g/mol. The van der Waals surface area contributed by atoms with Gasteiger partial charge in [-0.3, -0.25) is 0 Å². The van der Waals surface area contributed by atoms with Crippen LogP contribution < -0.4 is 11.2 Å². The molecule has 0 spiro atoms. The molecule has 10 heavy (non-hydrogen) atoms. The Morgan fingerprint density at radius 2 is 1.80 bits per heavy atom. The summed E-state index contributed by atoms with van der Waals surface area (Å²) in [5, 5.41) is 0. The first-order valence-corrected chi connectivity index (χ1v) is 3.37. The van der Waals surface area contributed by atoms with Gasteiger partial charge in [-0.1, -0.05) is 29.7 Å². The molecule has 0 aliphatic carbocycles. The molecule has 2 heteroatoms. The molecule has 0 amide bonds. The van der Waals surface area contributed by atoms with Crippen molar-refractivity contribution < 1.29 is 0 Å². The molecule has 50 valence electrons. The molecule has 0 aliphatic heterocycles. The van der Waals surface area contributed by atoms with Crippen LogP contribution in [0.3, 0.4) is 0 Å². The molecule has 1 rings (SSSR count). The van der Waals surface area contributed by atoms with Crippen LogP contribution in [0.15, 0.2) is 24.3 Å². The average molecular weight is 131 g/mol. The Kier molecular flexibility index (Phi) is 2.52. The van der Waals surface area contributed by atoms with Gasteiger partial charge in [0.2, 0.25) is 0 Å². The van der Waals surface area contributed by atoms with Crippen molar-refractivity contribution in [1.82, 2.24) is 0 Å². The zero-order valence-corrected chi connectivity index (χ0v) is 5.88. The topological polar surface area (TPSA) is 26.0 Å². The summed E-state index contributed by atoms with van der Waals surface area (Å²) < 4.78 is 0. The molecule has 0 bridgehead atoms. The summed E-state index contributed by atoms with van der Waals surface area (Å²) in [7, 11) is 5.49. The van der Waals surface area contributed by atoms with E-state index in [1.54, 1.807) is 0 Å². The predicted molar refractivity (Wildman–Crippen MR) is 44.6 cm³/mol. The summed E-state index contributed by atoms with van der Waals surface area (Å²) in [6, 6.07) is 7.79. The lowest BCUT2D eigenvalue weighted by Crippen LogP contribution is -2.05. The first kappa shape index (κ1) is 7.35. The maximum absolute atomic E-state index is 5.49. The average Bonchev–Trinajstić information content (AvgIpc) is 1.95. The Morgan fingerprint density at radius 3 is 2.30 bits per heavy atom. The fraction of sp³-hybridized carbons (Fsp3) is 0.250. The minimum atomic E-state index is 0.698. The lowest BCUT2D eigenvalue weighted by atomic mass is 9.95. The van der Waals surface area contributed by atoms with Gasteiger partial charge < -0.3 is 5.73 Å². The fourth-order valence-corrected chi connectivity index (χ4v) is 0.851. The van der Waals surface area contributed by atoms with Crippen molar-refractivity contribution >= 4 is 13.3 Å². The van der Waals surface area contributed by atoms with Gasteiger partial charge in [-0.05, 0) is 18.5 Å². The third-order valence-corrected chi connectivity index (χ3v) is 1.41. The SMILES string of the molecule is [B]c1ccc(CCN)cc1. The van der Waals surface area contributed by atoms with Gasteiger partial charge in [0.05, 0.1) is 0 Å². The largest absolute Gasteiger partial charge is 0.330 e. The second-order valence-electron chi connectivity index (χ2n) is 2.28. The van der Waals surface area contributed by atoms with Crippen molar-refractivity contribution in [3.8, 4) is 0 Å². The highest BCUT2D eigenvalue weighted by Gasteiger charge is 1.87. The lowest BCUT2D eigenvalue weighted by Gasteiger charge is -1.97. The molecule has 1 nitrogen and oxygen atoms in total. The van der Waals surface area contributed by atoms with Crippen LogP contribution in [0.2, 0.25) is 0 Å². The summed E-state index contributed by atoms with van der Waals surface area (Å²) in [6.45, 7) is 0.698. The van der Waals surface area contributed by atoms with Crippen LogP contribution in [0.25, 0.3) is 0 Å². The van der Waals surface area contributed by atoms with Gasteiger partial charge in [-0.25, -0.2) is 0 Å². The van der Waals surface area contributed by atoms with E-state index in [2.05, 4.69) is 0 Å². The maximum atomic E-state index is 5.49. The van der Waals surface area contributed by atoms with Crippen LogP contribution in [0.4, 0.5) is 0 Å². The van der Waals surface area contributed by atoms with Crippen molar-refractivity contribution in [2.75, 3.05) is 6.54 Å². The van der Waals surface area contributed by atoms with Crippen LogP contribution in [0.1, 0.15) is 5.56 Å². The molecule has 2 N–H and O–H groups in total. The molecule has 2 radical (unpaired) electrons. The van der Waals surface area contributed by atoms with Gasteiger partial charge in [0.25, 0.3) is 0 Å². The predicted octanol–water partition coefficient (Wildman–Crippen LogP) is -0.0184. The minimum absolute atomic E-state index is 0.698. The Balaban J connectivity index is 2.69. The van der Waals surface area contributed by atoms with Crippen LogP contribution in [-0.2, 0) is 6.42 Å². The smallest absolute Gasteiger partial charge is 0.113 e. The summed E-state index contributed by atoms with van der Waals surface area (Å²) in [5.74, 6) is 0. The fourth-order valence-electron chi connectivity index (χ4n) is 0.851. The molecule has 0 heterocycles. The van der Waals surface area contributed by atoms with Crippen molar-refractivity contribution in [3.63, 3.8) is 0 Å². The van der Waals surface area contributed by atoms with Crippen LogP contribution >= 0.6 is 0 Å². The maximum Gasteiger partial charge on any atom is 0.113 e. The van der Waals surface area contributed by atoms with Gasteiger partial charge in [-0.15, -0.1) is 0 Å². The van der Waals surface area contributed by atoms with E-state index in [9.17, 15) is 0 Å². The Hall–Kier alpha value is -0.755. The van der Waals surface area contributed by atoms with Gasteiger partial charge in [0.15, 0.2) is 0 Å². The standard InChI is InChI=1S/C8H10BN/c9-8-3-1-7(2-4-8)5-6-10/h1-4H,5-6,10H2. The molecule has 0 aromatic heterocycles. The summed E-state index contributed by atoms with van der Waals surface area (Å²) in [4.78, 5) is 0. The van der Waals surface area contributed by atoms with Gasteiger partial charge in [0, 0.05) is 0 Å². The Labute approximate surface area is 62.7 Å². The molecule has 0 unspecified atom stereocenters. The molecule has 0 saturated carbocycles. The highest BCUT2D eigenvalue weighted by molar-refractivity contribution is 6.32. The molecule has 0 saturated heterocycles. The van der Waals surface area contributed by atoms with E-state index in [0.717, 1.165) is 11.9 Å². The molecule has 0 aliphatic rings. The van der Waals surface area contributed by atoms with Crippen molar-refractivity contribution in [2.45, 2.75) is 6.42 Å². The molecule has 1 aromatic carbocycles. The zero-order chi connectivity index (χ0) is 7.40. The molecule has 1 aromatic rings. The summed E-state index contributed by atoms with van der Waals surface area (Å²) in [6.07, 6.45) is 0.931.